The fraction of sp³-hybridized carbons (Fsp3) is 0.379. The van der Waals surface area contributed by atoms with Crippen LogP contribution in [0.2, 0.25) is 5.02 Å². The van der Waals surface area contributed by atoms with Gasteiger partial charge >= 0.3 is 0 Å². The number of aromatic hydroxyl groups is 1. The van der Waals surface area contributed by atoms with Crippen molar-refractivity contribution < 1.29 is 53.3 Å². The molecule has 0 fully saturated rings. The molecule has 7 rings (SSSR count). The van der Waals surface area contributed by atoms with Crippen molar-refractivity contribution in [3.8, 4) is 11.5 Å². The van der Waals surface area contributed by atoms with Gasteiger partial charge in [-0.2, -0.15) is 0 Å². The van der Waals surface area contributed by atoms with E-state index in [4.69, 9.17) is 39.7 Å². The number of amides is 1. The normalized spacial score (nSPS) is 29.1. The molecule has 43 heavy (non-hydrogen) atoms. The van der Waals surface area contributed by atoms with Crippen molar-refractivity contribution in [3.63, 3.8) is 0 Å². The summed E-state index contributed by atoms with van der Waals surface area (Å²) in [5.74, 6) is -1.67. The third-order valence-electron chi connectivity index (χ3n) is 8.80. The molecule has 0 saturated carbocycles. The highest BCUT2D eigenvalue weighted by atomic mass is 35.5. The largest absolute Gasteiger partial charge is 0.507 e. The highest BCUT2D eigenvalue weighted by Gasteiger charge is 2.62. The lowest BCUT2D eigenvalue weighted by molar-refractivity contribution is -0.158. The van der Waals surface area contributed by atoms with Gasteiger partial charge in [0.15, 0.2) is 46.9 Å². The highest BCUT2D eigenvalue weighted by molar-refractivity contribution is 6.33. The first-order valence-corrected chi connectivity index (χ1v) is 13.5. The van der Waals surface area contributed by atoms with Crippen molar-refractivity contribution in [2.45, 2.75) is 36.2 Å². The Kier molecular flexibility index (Phi) is 6.15. The number of nitrogens with zero attached hydrogens (tertiary/aromatic N) is 1. The minimum absolute atomic E-state index is 0.00121. The van der Waals surface area contributed by atoms with Crippen LogP contribution in [-0.4, -0.2) is 78.7 Å². The van der Waals surface area contributed by atoms with Gasteiger partial charge in [0.1, 0.15) is 30.2 Å². The molecule has 0 saturated heterocycles. The predicted octanol–water partition coefficient (Wildman–Crippen LogP) is 1.97. The Morgan fingerprint density at radius 1 is 1.12 bits per heavy atom. The van der Waals surface area contributed by atoms with Crippen LogP contribution < -0.4 is 10.2 Å². The molecule has 0 bridgehead atoms. The Balaban J connectivity index is 1.59. The number of hydrogen-bond donors (Lipinski definition) is 4. The van der Waals surface area contributed by atoms with Crippen LogP contribution in [0, 0.1) is 0 Å². The van der Waals surface area contributed by atoms with Crippen LogP contribution in [0.4, 0.5) is 0 Å². The van der Waals surface area contributed by atoms with E-state index < -0.39 is 53.3 Å². The molecule has 0 radical (unpaired) electrons. The second kappa shape index (κ2) is 9.40. The third kappa shape index (κ3) is 3.32. The lowest BCUT2D eigenvalue weighted by Crippen LogP contribution is -2.54. The van der Waals surface area contributed by atoms with Crippen molar-refractivity contribution in [2.24, 2.45) is 0 Å². The number of halogens is 1. The molecule has 3 aromatic rings. The average molecular weight is 616 g/mol. The van der Waals surface area contributed by atoms with Crippen molar-refractivity contribution in [1.29, 1.82) is 0 Å². The highest BCUT2D eigenvalue weighted by Crippen LogP contribution is 2.62. The van der Waals surface area contributed by atoms with Crippen LogP contribution in [0.15, 0.2) is 33.0 Å². The van der Waals surface area contributed by atoms with Gasteiger partial charge in [-0.25, -0.2) is 0 Å². The number of methoxy groups -OCH3 is 3. The molecule has 14 heteroatoms. The van der Waals surface area contributed by atoms with Gasteiger partial charge in [0.2, 0.25) is 0 Å². The van der Waals surface area contributed by atoms with Gasteiger partial charge < -0.3 is 53.4 Å². The van der Waals surface area contributed by atoms with Crippen LogP contribution in [-0.2, 0) is 24.5 Å². The number of hydrogen-bond acceptors (Lipinski definition) is 12. The molecule has 1 amide bonds. The maximum absolute atomic E-state index is 14.0. The van der Waals surface area contributed by atoms with Crippen LogP contribution in [0.1, 0.15) is 56.7 Å². The van der Waals surface area contributed by atoms with Gasteiger partial charge in [-0.05, 0) is 23.8 Å². The first kappa shape index (κ1) is 28.1. The van der Waals surface area contributed by atoms with Crippen molar-refractivity contribution >= 4 is 34.2 Å². The smallest absolute Gasteiger partial charge is 0.259 e. The summed E-state index contributed by atoms with van der Waals surface area (Å²) in [6.07, 6.45) is -6.65. The summed E-state index contributed by atoms with van der Waals surface area (Å²) in [4.78, 5) is 28.5. The molecule has 6 atom stereocenters. The van der Waals surface area contributed by atoms with E-state index in [-0.39, 0.29) is 73.4 Å². The molecule has 2 aliphatic carbocycles. The van der Waals surface area contributed by atoms with E-state index in [0.717, 1.165) is 4.90 Å². The van der Waals surface area contributed by atoms with Crippen LogP contribution >= 0.6 is 11.6 Å². The molecule has 3 heterocycles. The van der Waals surface area contributed by atoms with Gasteiger partial charge in [-0.15, -0.1) is 0 Å². The number of benzene rings is 2. The van der Waals surface area contributed by atoms with Crippen LogP contribution in [0.25, 0.3) is 16.7 Å². The molecule has 2 aromatic carbocycles. The van der Waals surface area contributed by atoms with Crippen molar-refractivity contribution in [3.05, 3.63) is 72.6 Å². The van der Waals surface area contributed by atoms with E-state index in [0.29, 0.717) is 0 Å². The Morgan fingerprint density at radius 2 is 1.86 bits per heavy atom. The Morgan fingerprint density at radius 3 is 2.53 bits per heavy atom. The number of phenolic OH excluding ortho intramolecular Hbond substituents is 1. The molecule has 226 valence electrons. The van der Waals surface area contributed by atoms with Crippen molar-refractivity contribution in [1.82, 2.24) is 4.90 Å². The standard InChI is InChI=1S/C29H26ClNO12/c1-31-27(36)13-10(18(33)28(31)40-4)7-11-15(19(13)34)29(37)16-24(20(11)38-2)41-8-42-25(16)23-14(26(29)35)17(32)9-5-6-12(30)22(39-3)21(9)43-23/h5-7,18,20,24,26,28,33-35,37H,8H2,1-4H3/t18-,20+,24-,26-,28-,29-/m0/s1. The number of rotatable bonds is 3. The summed E-state index contributed by atoms with van der Waals surface area (Å²) >= 11 is 6.28. The fourth-order valence-corrected chi connectivity index (χ4v) is 7.11. The summed E-state index contributed by atoms with van der Waals surface area (Å²) in [5, 5.41) is 47.6. The number of likely N-dealkylation sites (N-methyl/N-ethyl adjacent to an activating group) is 1. The van der Waals surface area contributed by atoms with Gasteiger partial charge in [-0.3, -0.25) is 9.59 Å². The maximum Gasteiger partial charge on any atom is 0.259 e. The van der Waals surface area contributed by atoms with E-state index in [1.165, 1.54) is 46.6 Å². The molecular formula is C29H26ClNO12. The predicted molar refractivity (Wildman–Crippen MR) is 146 cm³/mol. The topological polar surface area (TPSA) is 178 Å². The van der Waals surface area contributed by atoms with Crippen LogP contribution in [0.5, 0.6) is 11.5 Å². The monoisotopic (exact) mass is 615 g/mol. The zero-order chi connectivity index (χ0) is 30.7. The van der Waals surface area contributed by atoms with Crippen molar-refractivity contribution in [2.75, 3.05) is 35.2 Å². The summed E-state index contributed by atoms with van der Waals surface area (Å²) in [6.45, 7) is -0.354. The number of carbonyl (C=O) groups excluding carboxylic acids is 1. The third-order valence-corrected chi connectivity index (χ3v) is 9.09. The second-order valence-corrected chi connectivity index (χ2v) is 11.1. The van der Waals surface area contributed by atoms with E-state index in [1.807, 2.05) is 0 Å². The molecule has 2 aliphatic heterocycles. The molecule has 0 spiro atoms. The molecule has 0 unspecified atom stereocenters. The van der Waals surface area contributed by atoms with Gasteiger partial charge in [0.25, 0.3) is 5.91 Å². The first-order valence-electron chi connectivity index (χ1n) is 13.2. The Labute approximate surface area is 248 Å². The van der Waals surface area contributed by atoms with E-state index in [2.05, 4.69) is 0 Å². The lowest BCUT2D eigenvalue weighted by Gasteiger charge is -2.51. The zero-order valence-electron chi connectivity index (χ0n) is 23.2. The van der Waals surface area contributed by atoms with E-state index in [1.54, 1.807) is 0 Å². The quantitative estimate of drug-likeness (QED) is 0.337. The minimum Gasteiger partial charge on any atom is -0.507 e. The molecule has 1 aromatic heterocycles. The lowest BCUT2D eigenvalue weighted by atomic mass is 9.63. The zero-order valence-corrected chi connectivity index (χ0v) is 24.0. The summed E-state index contributed by atoms with van der Waals surface area (Å²) in [7, 11) is 5.43. The average Bonchev–Trinajstić information content (AvgIpc) is 2.99. The van der Waals surface area contributed by atoms with E-state index in [9.17, 15) is 30.0 Å². The van der Waals surface area contributed by atoms with Gasteiger partial charge in [0, 0.05) is 38.0 Å². The molecule has 4 aliphatic rings. The first-order chi connectivity index (χ1) is 20.5. The molecule has 13 nitrogen and oxygen atoms in total. The Bertz CT molecular complexity index is 1830. The molecule has 4 N–H and O–H groups in total. The summed E-state index contributed by atoms with van der Waals surface area (Å²) in [6, 6.07) is 4.23. The number of aliphatic hydroxyl groups excluding tert-OH is 2. The minimum atomic E-state index is -2.57. The number of ether oxygens (including phenoxy) is 5. The number of phenols is 1. The summed E-state index contributed by atoms with van der Waals surface area (Å²) in [5.41, 5.74) is -4.24. The van der Waals surface area contributed by atoms with Crippen LogP contribution in [0.3, 0.4) is 0 Å². The number of aliphatic hydroxyl groups is 3. The van der Waals surface area contributed by atoms with Gasteiger partial charge in [-0.1, -0.05) is 11.6 Å². The van der Waals surface area contributed by atoms with E-state index >= 15 is 0 Å². The summed E-state index contributed by atoms with van der Waals surface area (Å²) < 4.78 is 34.3. The fourth-order valence-electron chi connectivity index (χ4n) is 6.88. The molecular weight excluding hydrogens is 590 g/mol. The maximum atomic E-state index is 14.0. The number of carbonyl (C=O) groups is 1. The SMILES string of the molecule is COc1c(Cl)ccc2c(=O)c3c(oc12)C1=C2[C@H](OCO1)[C@H](OC)c1cc4c(c(O)c1[C@@]2(O)[C@H]3O)C(=O)N(C)[C@@H](OC)[C@H]4O. The van der Waals surface area contributed by atoms with Gasteiger partial charge in [0.05, 0.1) is 28.6 Å². The second-order valence-electron chi connectivity index (χ2n) is 10.7. The number of fused-ring (bicyclic) bond motifs is 6. The Hall–Kier alpha value is -3.69.